The fourth-order valence-corrected chi connectivity index (χ4v) is 1.34. The summed E-state index contributed by atoms with van der Waals surface area (Å²) in [5.74, 6) is 0. The van der Waals surface area contributed by atoms with E-state index in [0.717, 1.165) is 6.42 Å². The number of para-hydroxylation sites is 1. The molecule has 0 N–H and O–H groups in total. The van der Waals surface area contributed by atoms with Crippen LogP contribution in [0.4, 0.5) is 5.69 Å². The third kappa shape index (κ3) is 2.89. The normalized spacial score (nSPS) is 9.79. The first-order chi connectivity index (χ1) is 6.16. The summed E-state index contributed by atoms with van der Waals surface area (Å²) in [5.41, 5.74) is 2.67. The van der Waals surface area contributed by atoms with Crippen molar-refractivity contribution in [2.24, 2.45) is 0 Å². The number of hydrogen-bond acceptors (Lipinski definition) is 2. The number of hydrogen-bond donors (Lipinski definition) is 0. The molecule has 14 heavy (non-hydrogen) atoms. The number of aryl methyl sites for hydroxylation is 1. The minimum absolute atomic E-state index is 0. The summed E-state index contributed by atoms with van der Waals surface area (Å²) in [4.78, 5) is 0. The Labute approximate surface area is 92.9 Å². The van der Waals surface area contributed by atoms with Crippen LogP contribution in [0.3, 0.4) is 0 Å². The van der Waals surface area contributed by atoms with E-state index in [9.17, 15) is 0 Å². The van der Waals surface area contributed by atoms with Crippen molar-refractivity contribution in [3.8, 4) is 0 Å². The highest BCUT2D eigenvalue weighted by Gasteiger charge is 2.05. The number of benzene rings is 1. The molecule has 1 aromatic rings. The van der Waals surface area contributed by atoms with Crippen LogP contribution in [-0.4, -0.2) is 26.2 Å². The standard InChI is InChI=1S/C11H18N2.ClH/c1-5-10-8-6-7-9-11(10)13(4)12(2)3;/h6-9H,5H2,1-4H3;1H. The SMILES string of the molecule is CCc1ccccc1N(C)N(C)C.Cl. The molecular formula is C11H19ClN2. The summed E-state index contributed by atoms with van der Waals surface area (Å²) in [6.07, 6.45) is 1.08. The zero-order valence-electron chi connectivity index (χ0n) is 9.32. The highest BCUT2D eigenvalue weighted by Crippen LogP contribution is 2.19. The van der Waals surface area contributed by atoms with Gasteiger partial charge in [0.2, 0.25) is 0 Å². The maximum absolute atomic E-state index is 2.18. The summed E-state index contributed by atoms with van der Waals surface area (Å²) in [5, 5.41) is 4.23. The smallest absolute Gasteiger partial charge is 0.0550 e. The van der Waals surface area contributed by atoms with Gasteiger partial charge in [-0.25, -0.2) is 5.01 Å². The number of nitrogens with zero attached hydrogens (tertiary/aromatic N) is 2. The lowest BCUT2D eigenvalue weighted by Gasteiger charge is -2.28. The largest absolute Gasteiger partial charge is 0.309 e. The van der Waals surface area contributed by atoms with Crippen molar-refractivity contribution in [3.63, 3.8) is 0 Å². The molecular weight excluding hydrogens is 196 g/mol. The van der Waals surface area contributed by atoms with Crippen LogP contribution < -0.4 is 5.01 Å². The predicted octanol–water partition coefficient (Wildman–Crippen LogP) is 2.58. The van der Waals surface area contributed by atoms with Crippen LogP contribution in [0.15, 0.2) is 24.3 Å². The summed E-state index contributed by atoms with van der Waals surface area (Å²) in [7, 11) is 6.17. The lowest BCUT2D eigenvalue weighted by atomic mass is 10.1. The third-order valence-electron chi connectivity index (χ3n) is 2.32. The van der Waals surface area contributed by atoms with E-state index in [2.05, 4.69) is 48.3 Å². The second-order valence-corrected chi connectivity index (χ2v) is 3.35. The summed E-state index contributed by atoms with van der Waals surface area (Å²) < 4.78 is 0. The summed E-state index contributed by atoms with van der Waals surface area (Å²) in [6, 6.07) is 8.49. The molecule has 0 saturated heterocycles. The van der Waals surface area contributed by atoms with Gasteiger partial charge in [-0.3, -0.25) is 0 Å². The molecule has 0 unspecified atom stereocenters. The molecule has 0 spiro atoms. The van der Waals surface area contributed by atoms with Crippen LogP contribution in [-0.2, 0) is 6.42 Å². The van der Waals surface area contributed by atoms with E-state index in [0.29, 0.717) is 0 Å². The Morgan fingerprint density at radius 2 is 1.64 bits per heavy atom. The van der Waals surface area contributed by atoms with Gasteiger partial charge in [0.15, 0.2) is 0 Å². The summed E-state index contributed by atoms with van der Waals surface area (Å²) >= 11 is 0. The lowest BCUT2D eigenvalue weighted by molar-refractivity contribution is 0.396. The molecule has 0 bridgehead atoms. The Bertz CT molecular complexity index is 274. The van der Waals surface area contributed by atoms with Gasteiger partial charge in [0.05, 0.1) is 5.69 Å². The average molecular weight is 215 g/mol. The van der Waals surface area contributed by atoms with E-state index in [1.165, 1.54) is 11.3 Å². The molecule has 0 fully saturated rings. The van der Waals surface area contributed by atoms with Gasteiger partial charge in [-0.05, 0) is 18.1 Å². The lowest BCUT2D eigenvalue weighted by Crippen LogP contribution is -2.33. The van der Waals surface area contributed by atoms with Gasteiger partial charge in [0.25, 0.3) is 0 Å². The number of halogens is 1. The van der Waals surface area contributed by atoms with Crippen LogP contribution in [0.5, 0.6) is 0 Å². The van der Waals surface area contributed by atoms with E-state index in [-0.39, 0.29) is 12.4 Å². The van der Waals surface area contributed by atoms with E-state index in [1.54, 1.807) is 0 Å². The highest BCUT2D eigenvalue weighted by molar-refractivity contribution is 5.85. The number of hydrazine groups is 1. The minimum Gasteiger partial charge on any atom is -0.309 e. The van der Waals surface area contributed by atoms with Crippen LogP contribution in [0.1, 0.15) is 12.5 Å². The number of rotatable bonds is 3. The fraction of sp³-hybridized carbons (Fsp3) is 0.455. The van der Waals surface area contributed by atoms with Gasteiger partial charge in [0, 0.05) is 21.1 Å². The van der Waals surface area contributed by atoms with Gasteiger partial charge >= 0.3 is 0 Å². The van der Waals surface area contributed by atoms with Crippen molar-refractivity contribution in [1.29, 1.82) is 0 Å². The van der Waals surface area contributed by atoms with Crippen LogP contribution >= 0.6 is 12.4 Å². The fourth-order valence-electron chi connectivity index (χ4n) is 1.34. The van der Waals surface area contributed by atoms with Gasteiger partial charge in [-0.15, -0.1) is 12.4 Å². The molecule has 0 aromatic heterocycles. The molecule has 0 atom stereocenters. The second kappa shape index (κ2) is 5.89. The molecule has 0 aliphatic carbocycles. The molecule has 1 rings (SSSR count). The van der Waals surface area contributed by atoms with Crippen molar-refractivity contribution >= 4 is 18.1 Å². The maximum Gasteiger partial charge on any atom is 0.0550 e. The van der Waals surface area contributed by atoms with Gasteiger partial charge in [0.1, 0.15) is 0 Å². The van der Waals surface area contributed by atoms with Crippen molar-refractivity contribution < 1.29 is 0 Å². The average Bonchev–Trinajstić information content (AvgIpc) is 2.16. The van der Waals surface area contributed by atoms with E-state index in [1.807, 2.05) is 14.1 Å². The molecule has 0 heterocycles. The molecule has 1 aromatic carbocycles. The quantitative estimate of drug-likeness (QED) is 0.714. The van der Waals surface area contributed by atoms with Crippen molar-refractivity contribution in [2.45, 2.75) is 13.3 Å². The Hall–Kier alpha value is -0.730. The second-order valence-electron chi connectivity index (χ2n) is 3.35. The first-order valence-electron chi connectivity index (χ1n) is 4.65. The highest BCUT2D eigenvalue weighted by atomic mass is 35.5. The van der Waals surface area contributed by atoms with Crippen LogP contribution in [0.25, 0.3) is 0 Å². The minimum atomic E-state index is 0. The molecule has 0 amide bonds. The van der Waals surface area contributed by atoms with Crippen LogP contribution in [0, 0.1) is 0 Å². The van der Waals surface area contributed by atoms with Crippen molar-refractivity contribution in [3.05, 3.63) is 29.8 Å². The first kappa shape index (κ1) is 13.3. The van der Waals surface area contributed by atoms with Crippen LogP contribution in [0.2, 0.25) is 0 Å². The Morgan fingerprint density at radius 1 is 1.07 bits per heavy atom. The van der Waals surface area contributed by atoms with Gasteiger partial charge in [-0.2, -0.15) is 0 Å². The Kier molecular flexibility index (Phi) is 5.58. The van der Waals surface area contributed by atoms with E-state index in [4.69, 9.17) is 0 Å². The van der Waals surface area contributed by atoms with Gasteiger partial charge in [-0.1, -0.05) is 25.1 Å². The van der Waals surface area contributed by atoms with E-state index >= 15 is 0 Å². The zero-order valence-corrected chi connectivity index (χ0v) is 10.1. The Balaban J connectivity index is 0.00000169. The molecule has 80 valence electrons. The zero-order chi connectivity index (χ0) is 9.84. The summed E-state index contributed by atoms with van der Waals surface area (Å²) in [6.45, 7) is 2.18. The number of anilines is 1. The predicted molar refractivity (Wildman–Crippen MR) is 65.2 cm³/mol. The maximum atomic E-state index is 2.18. The monoisotopic (exact) mass is 214 g/mol. The molecule has 3 heteroatoms. The first-order valence-corrected chi connectivity index (χ1v) is 4.65. The van der Waals surface area contributed by atoms with Crippen molar-refractivity contribution in [2.75, 3.05) is 26.2 Å². The topological polar surface area (TPSA) is 6.48 Å². The Morgan fingerprint density at radius 3 is 2.14 bits per heavy atom. The van der Waals surface area contributed by atoms with Gasteiger partial charge < -0.3 is 5.01 Å². The molecule has 0 aliphatic rings. The molecule has 0 radical (unpaired) electrons. The molecule has 0 aliphatic heterocycles. The van der Waals surface area contributed by atoms with E-state index < -0.39 is 0 Å². The molecule has 2 nitrogen and oxygen atoms in total. The van der Waals surface area contributed by atoms with Crippen molar-refractivity contribution in [1.82, 2.24) is 5.01 Å². The molecule has 0 saturated carbocycles. The third-order valence-corrected chi connectivity index (χ3v) is 2.32.